The number of H-pyrrole nitrogens is 1. The Kier molecular flexibility index (Phi) is 2.95. The molecule has 2 rings (SSSR count). The molecule has 90 valence electrons. The van der Waals surface area contributed by atoms with Gasteiger partial charge in [-0.15, -0.1) is 0 Å². The van der Waals surface area contributed by atoms with E-state index in [4.69, 9.17) is 4.52 Å². The molecule has 0 aliphatic heterocycles. The van der Waals surface area contributed by atoms with Crippen LogP contribution < -0.4 is 0 Å². The lowest BCUT2D eigenvalue weighted by molar-refractivity contribution is 0.0779. The van der Waals surface area contributed by atoms with Crippen LogP contribution in [0, 0.1) is 13.8 Å². The Bertz CT molecular complexity index is 496. The molecule has 0 aliphatic rings. The van der Waals surface area contributed by atoms with Crippen LogP contribution in [0.1, 0.15) is 27.6 Å². The van der Waals surface area contributed by atoms with E-state index < -0.39 is 0 Å². The van der Waals surface area contributed by atoms with Gasteiger partial charge in [0, 0.05) is 19.4 Å². The summed E-state index contributed by atoms with van der Waals surface area (Å²) in [5.74, 6) is 1.17. The van der Waals surface area contributed by atoms with Crippen molar-refractivity contribution in [1.82, 2.24) is 20.0 Å². The van der Waals surface area contributed by atoms with E-state index in [1.165, 1.54) is 0 Å². The minimum Gasteiger partial charge on any atom is -0.361 e. The summed E-state index contributed by atoms with van der Waals surface area (Å²) in [6, 6.07) is 0. The van der Waals surface area contributed by atoms with E-state index in [2.05, 4.69) is 15.1 Å². The second-order valence-electron chi connectivity index (χ2n) is 3.90. The third-order valence-electron chi connectivity index (χ3n) is 2.54. The van der Waals surface area contributed by atoms with Crippen molar-refractivity contribution in [1.29, 1.82) is 0 Å². The highest BCUT2D eigenvalue weighted by atomic mass is 16.5. The number of carbonyl (C=O) groups excluding carboxylic acids is 1. The number of nitrogens with zero attached hydrogens (tertiary/aromatic N) is 3. The Balaban J connectivity index is 2.15. The van der Waals surface area contributed by atoms with Crippen molar-refractivity contribution in [2.24, 2.45) is 0 Å². The number of hydrogen-bond donors (Lipinski definition) is 1. The number of nitrogens with one attached hydrogen (secondary N) is 1. The van der Waals surface area contributed by atoms with Crippen LogP contribution in [-0.4, -0.2) is 33.0 Å². The lowest BCUT2D eigenvalue weighted by Crippen LogP contribution is -2.27. The van der Waals surface area contributed by atoms with Crippen molar-refractivity contribution >= 4 is 5.91 Å². The number of carbonyl (C=O) groups is 1. The quantitative estimate of drug-likeness (QED) is 0.868. The Morgan fingerprint density at radius 2 is 2.29 bits per heavy atom. The minimum absolute atomic E-state index is 0.113. The number of aromatic nitrogens is 3. The predicted molar refractivity (Wildman–Crippen MR) is 60.4 cm³/mol. The molecule has 0 fully saturated rings. The molecule has 2 heterocycles. The van der Waals surface area contributed by atoms with Gasteiger partial charge < -0.3 is 14.4 Å². The average molecular weight is 234 g/mol. The molecule has 0 aliphatic carbocycles. The molecule has 6 heteroatoms. The molecule has 0 atom stereocenters. The monoisotopic (exact) mass is 234 g/mol. The topological polar surface area (TPSA) is 75.0 Å². The second kappa shape index (κ2) is 4.40. The molecule has 1 N–H and O–H groups in total. The molecule has 0 saturated heterocycles. The molecule has 0 bridgehead atoms. The van der Waals surface area contributed by atoms with Gasteiger partial charge in [-0.1, -0.05) is 5.16 Å². The molecule has 0 saturated carbocycles. The lowest BCUT2D eigenvalue weighted by Gasteiger charge is -2.15. The van der Waals surface area contributed by atoms with E-state index in [0.29, 0.717) is 23.6 Å². The highest BCUT2D eigenvalue weighted by Crippen LogP contribution is 2.15. The van der Waals surface area contributed by atoms with Crippen LogP contribution in [0.5, 0.6) is 0 Å². The van der Waals surface area contributed by atoms with Gasteiger partial charge >= 0.3 is 0 Å². The zero-order chi connectivity index (χ0) is 12.4. The van der Waals surface area contributed by atoms with E-state index in [-0.39, 0.29) is 5.91 Å². The number of amides is 1. The number of hydrogen-bond acceptors (Lipinski definition) is 4. The first-order valence-corrected chi connectivity index (χ1v) is 5.26. The van der Waals surface area contributed by atoms with Crippen LogP contribution in [0.3, 0.4) is 0 Å². The average Bonchev–Trinajstić information content (AvgIpc) is 2.89. The number of aryl methyl sites for hydroxylation is 2. The van der Waals surface area contributed by atoms with Crippen LogP contribution >= 0.6 is 0 Å². The zero-order valence-electron chi connectivity index (χ0n) is 10.0. The summed E-state index contributed by atoms with van der Waals surface area (Å²) in [5.41, 5.74) is 1.14. The third kappa shape index (κ3) is 2.20. The van der Waals surface area contributed by atoms with Crippen molar-refractivity contribution in [3.05, 3.63) is 35.2 Å². The Labute approximate surface area is 98.6 Å². The molecule has 2 aromatic heterocycles. The Hall–Kier alpha value is -2.11. The normalized spacial score (nSPS) is 10.5. The summed E-state index contributed by atoms with van der Waals surface area (Å²) < 4.78 is 4.98. The summed E-state index contributed by atoms with van der Waals surface area (Å²) in [4.78, 5) is 20.8. The minimum atomic E-state index is -0.113. The van der Waals surface area contributed by atoms with Gasteiger partial charge in [-0.05, 0) is 13.8 Å². The highest BCUT2D eigenvalue weighted by molar-refractivity contribution is 5.95. The largest absolute Gasteiger partial charge is 0.361 e. The molecule has 6 nitrogen and oxygen atoms in total. The molecule has 0 unspecified atom stereocenters. The van der Waals surface area contributed by atoms with Crippen molar-refractivity contribution in [3.63, 3.8) is 0 Å². The standard InChI is InChI=1S/C11H14N4O2/c1-7-10(8(2)17-14-7)11(16)15(3)6-9-12-4-5-13-9/h4-5H,6H2,1-3H3,(H,12,13). The summed E-state index contributed by atoms with van der Waals surface area (Å²) in [5, 5.41) is 3.77. The van der Waals surface area contributed by atoms with Crippen LogP contribution in [0.2, 0.25) is 0 Å². The van der Waals surface area contributed by atoms with Crippen molar-refractivity contribution in [2.75, 3.05) is 7.05 Å². The first-order chi connectivity index (χ1) is 8.09. The van der Waals surface area contributed by atoms with Crippen LogP contribution in [-0.2, 0) is 6.54 Å². The highest BCUT2D eigenvalue weighted by Gasteiger charge is 2.21. The first-order valence-electron chi connectivity index (χ1n) is 5.26. The summed E-state index contributed by atoms with van der Waals surface area (Å²) in [7, 11) is 1.72. The van der Waals surface area contributed by atoms with E-state index in [1.807, 2.05) is 0 Å². The van der Waals surface area contributed by atoms with Gasteiger partial charge in [-0.3, -0.25) is 4.79 Å². The van der Waals surface area contributed by atoms with Gasteiger partial charge in [0.2, 0.25) is 0 Å². The van der Waals surface area contributed by atoms with E-state index in [0.717, 1.165) is 5.82 Å². The summed E-state index contributed by atoms with van der Waals surface area (Å²) in [6.45, 7) is 3.91. The second-order valence-corrected chi connectivity index (χ2v) is 3.90. The summed E-state index contributed by atoms with van der Waals surface area (Å²) in [6.07, 6.45) is 3.38. The van der Waals surface area contributed by atoms with Crippen LogP contribution in [0.4, 0.5) is 0 Å². The van der Waals surface area contributed by atoms with Crippen LogP contribution in [0.15, 0.2) is 16.9 Å². The van der Waals surface area contributed by atoms with Gasteiger partial charge in [-0.25, -0.2) is 4.98 Å². The number of imidazole rings is 1. The lowest BCUT2D eigenvalue weighted by atomic mass is 10.2. The van der Waals surface area contributed by atoms with Gasteiger partial charge in [0.25, 0.3) is 5.91 Å². The summed E-state index contributed by atoms with van der Waals surface area (Å²) >= 11 is 0. The molecule has 0 spiro atoms. The SMILES string of the molecule is Cc1noc(C)c1C(=O)N(C)Cc1ncc[nH]1. The molecule has 0 aromatic carbocycles. The number of aromatic amines is 1. The number of rotatable bonds is 3. The van der Waals surface area contributed by atoms with E-state index in [1.54, 1.807) is 38.2 Å². The van der Waals surface area contributed by atoms with Crippen molar-refractivity contribution < 1.29 is 9.32 Å². The Morgan fingerprint density at radius 3 is 2.82 bits per heavy atom. The molecule has 1 amide bonds. The first kappa shape index (κ1) is 11.4. The maximum Gasteiger partial charge on any atom is 0.259 e. The van der Waals surface area contributed by atoms with Crippen molar-refractivity contribution in [2.45, 2.75) is 20.4 Å². The van der Waals surface area contributed by atoms with Crippen LogP contribution in [0.25, 0.3) is 0 Å². The molecule has 0 radical (unpaired) electrons. The molecular formula is C11H14N4O2. The fourth-order valence-corrected chi connectivity index (χ4v) is 1.66. The maximum absolute atomic E-state index is 12.2. The maximum atomic E-state index is 12.2. The Morgan fingerprint density at radius 1 is 1.53 bits per heavy atom. The van der Waals surface area contributed by atoms with E-state index >= 15 is 0 Å². The van der Waals surface area contributed by atoms with Crippen molar-refractivity contribution in [3.8, 4) is 0 Å². The van der Waals surface area contributed by atoms with Gasteiger partial charge in [0.1, 0.15) is 17.1 Å². The van der Waals surface area contributed by atoms with Gasteiger partial charge in [-0.2, -0.15) is 0 Å². The molecule has 17 heavy (non-hydrogen) atoms. The molecule has 2 aromatic rings. The smallest absolute Gasteiger partial charge is 0.259 e. The fraction of sp³-hybridized carbons (Fsp3) is 0.364. The third-order valence-corrected chi connectivity index (χ3v) is 2.54. The van der Waals surface area contributed by atoms with Gasteiger partial charge in [0.15, 0.2) is 0 Å². The van der Waals surface area contributed by atoms with E-state index in [9.17, 15) is 4.79 Å². The fourth-order valence-electron chi connectivity index (χ4n) is 1.66. The molecular weight excluding hydrogens is 220 g/mol. The van der Waals surface area contributed by atoms with Gasteiger partial charge in [0.05, 0.1) is 12.2 Å². The zero-order valence-corrected chi connectivity index (χ0v) is 10.0. The predicted octanol–water partition coefficient (Wildman–Crippen LogP) is 1.29.